The van der Waals surface area contributed by atoms with E-state index < -0.39 is 17.7 Å². The summed E-state index contributed by atoms with van der Waals surface area (Å²) in [5.41, 5.74) is 5.12. The van der Waals surface area contributed by atoms with Gasteiger partial charge >= 0.3 is 5.97 Å². The third-order valence-corrected chi connectivity index (χ3v) is 7.86. The molecule has 0 fully saturated rings. The lowest BCUT2D eigenvalue weighted by molar-refractivity contribution is -0.160. The highest BCUT2D eigenvalue weighted by Crippen LogP contribution is 2.47. The van der Waals surface area contributed by atoms with Crippen LogP contribution in [0.4, 0.5) is 5.69 Å². The van der Waals surface area contributed by atoms with Gasteiger partial charge in [-0.05, 0) is 97.0 Å². The van der Waals surface area contributed by atoms with Crippen molar-refractivity contribution in [3.63, 3.8) is 0 Å². The number of anilines is 1. The third-order valence-electron chi connectivity index (χ3n) is 7.14. The van der Waals surface area contributed by atoms with Crippen LogP contribution in [0.1, 0.15) is 75.7 Å². The van der Waals surface area contributed by atoms with E-state index >= 15 is 0 Å². The fourth-order valence-electron chi connectivity index (χ4n) is 5.37. The molecule has 0 spiro atoms. The number of hydrogen-bond donors (Lipinski definition) is 2. The maximum Gasteiger partial charge on any atom is 0.337 e. The molecule has 0 unspecified atom stereocenters. The zero-order chi connectivity index (χ0) is 28.9. The number of likely N-dealkylation sites (N-methyl/N-ethyl adjacent to an activating group) is 1. The number of amides is 1. The Morgan fingerprint density at radius 2 is 1.74 bits per heavy atom. The largest absolute Gasteiger partial charge is 0.479 e. The Hall–Kier alpha value is -2.59. The molecule has 1 aliphatic rings. The minimum atomic E-state index is -1.18. The highest BCUT2D eigenvalue weighted by atomic mass is 127. The number of hydrogen-bond acceptors (Lipinski definition) is 4. The van der Waals surface area contributed by atoms with E-state index in [1.165, 1.54) is 0 Å². The number of aromatic nitrogens is 1. The van der Waals surface area contributed by atoms with E-state index in [1.807, 2.05) is 65.1 Å². The molecule has 2 aromatic carbocycles. The Morgan fingerprint density at radius 3 is 2.31 bits per heavy atom. The molecule has 0 saturated carbocycles. The van der Waals surface area contributed by atoms with E-state index in [0.717, 1.165) is 43.3 Å². The van der Waals surface area contributed by atoms with Gasteiger partial charge in [-0.1, -0.05) is 32.9 Å². The van der Waals surface area contributed by atoms with Gasteiger partial charge in [-0.15, -0.1) is 0 Å². The normalized spacial score (nSPS) is 14.5. The summed E-state index contributed by atoms with van der Waals surface area (Å²) < 4.78 is 9.40. The first-order valence-corrected chi connectivity index (χ1v) is 14.5. The van der Waals surface area contributed by atoms with Crippen LogP contribution in [0.25, 0.3) is 22.0 Å². The van der Waals surface area contributed by atoms with Crippen molar-refractivity contribution in [2.24, 2.45) is 5.41 Å². The number of nitrogens with zero attached hydrogens (tertiary/aromatic N) is 2. The molecule has 39 heavy (non-hydrogen) atoms. The Kier molecular flexibility index (Phi) is 8.11. The summed E-state index contributed by atoms with van der Waals surface area (Å²) in [6.07, 6.45) is -0.308. The molecule has 2 heterocycles. The van der Waals surface area contributed by atoms with Crippen LogP contribution in [0.2, 0.25) is 0 Å². The number of carboxylic acid groups (broad SMARTS) is 1. The lowest BCUT2D eigenvalue weighted by atomic mass is 9.87. The maximum absolute atomic E-state index is 13.5. The summed E-state index contributed by atoms with van der Waals surface area (Å²) in [6, 6.07) is 10.0. The number of benzene rings is 2. The number of aliphatic carboxylic acids is 1. The van der Waals surface area contributed by atoms with Gasteiger partial charge in [0.2, 0.25) is 0 Å². The van der Waals surface area contributed by atoms with Crippen LogP contribution in [0.3, 0.4) is 0 Å². The van der Waals surface area contributed by atoms with Crippen LogP contribution in [-0.2, 0) is 16.1 Å². The Bertz CT molecular complexity index is 1410. The molecular formula is C31H40IN3O4. The molecule has 2 N–H and O–H groups in total. The van der Waals surface area contributed by atoms with Crippen molar-refractivity contribution in [2.45, 2.75) is 73.1 Å². The number of nitrogens with one attached hydrogen (secondary N) is 1. The number of carboxylic acids is 1. The Labute approximate surface area is 245 Å². The van der Waals surface area contributed by atoms with Gasteiger partial charge in [0.05, 0.1) is 16.8 Å². The van der Waals surface area contributed by atoms with Gasteiger partial charge in [0.1, 0.15) is 5.69 Å². The second-order valence-corrected chi connectivity index (χ2v) is 13.9. The minimum absolute atomic E-state index is 0.112. The second-order valence-electron chi connectivity index (χ2n) is 12.6. The first-order chi connectivity index (χ1) is 18.1. The van der Waals surface area contributed by atoms with E-state index in [2.05, 4.69) is 58.1 Å². The van der Waals surface area contributed by atoms with Crippen molar-refractivity contribution < 1.29 is 19.4 Å². The summed E-state index contributed by atoms with van der Waals surface area (Å²) in [7, 11) is 2.02. The summed E-state index contributed by atoms with van der Waals surface area (Å²) in [6.45, 7) is 16.0. The molecule has 7 nitrogen and oxygen atoms in total. The first kappa shape index (κ1) is 29.4. The van der Waals surface area contributed by atoms with Crippen LogP contribution in [0.5, 0.6) is 0 Å². The summed E-state index contributed by atoms with van der Waals surface area (Å²) in [5, 5.41) is 14.4. The topological polar surface area (TPSA) is 83.8 Å². The average molecular weight is 646 g/mol. The molecule has 0 aliphatic carbocycles. The summed E-state index contributed by atoms with van der Waals surface area (Å²) >= 11 is 2.27. The van der Waals surface area contributed by atoms with E-state index in [-0.39, 0.29) is 11.3 Å². The van der Waals surface area contributed by atoms with E-state index in [4.69, 9.17) is 4.74 Å². The van der Waals surface area contributed by atoms with Gasteiger partial charge in [-0.2, -0.15) is 0 Å². The standard InChI is InChI=1S/C31H40IN3O4/c1-18-23(27(29(37)38)39-31(5,6)7)24(19-9-11-20(32)12-10-19)21-17-22(28(36)33-14-13-30(2,3)4)35-16-15-34(8)25(18)26(21)35/h9-12,17,27H,13-16H2,1-8H3,(H,33,36)(H,37,38)/t27-/m0/s1. The van der Waals surface area contributed by atoms with Crippen LogP contribution in [0.15, 0.2) is 30.3 Å². The van der Waals surface area contributed by atoms with Crippen molar-refractivity contribution in [3.05, 3.63) is 50.7 Å². The molecule has 1 aliphatic heterocycles. The fourth-order valence-corrected chi connectivity index (χ4v) is 5.72. The van der Waals surface area contributed by atoms with Crippen LogP contribution in [-0.4, -0.2) is 47.3 Å². The fraction of sp³-hybridized carbons (Fsp3) is 0.484. The third kappa shape index (κ3) is 6.11. The van der Waals surface area contributed by atoms with Crippen LogP contribution in [0, 0.1) is 15.9 Å². The van der Waals surface area contributed by atoms with Crippen molar-refractivity contribution in [1.82, 2.24) is 9.88 Å². The molecule has 210 valence electrons. The molecule has 1 aromatic heterocycles. The lowest BCUT2D eigenvalue weighted by Gasteiger charge is -2.34. The van der Waals surface area contributed by atoms with E-state index in [0.29, 0.717) is 30.9 Å². The van der Waals surface area contributed by atoms with Gasteiger partial charge in [-0.3, -0.25) is 4.79 Å². The van der Waals surface area contributed by atoms with Gasteiger partial charge in [0.25, 0.3) is 5.91 Å². The van der Waals surface area contributed by atoms with Crippen LogP contribution < -0.4 is 10.2 Å². The maximum atomic E-state index is 13.5. The van der Waals surface area contributed by atoms with Gasteiger partial charge in [-0.25, -0.2) is 4.79 Å². The predicted molar refractivity (Wildman–Crippen MR) is 166 cm³/mol. The molecule has 8 heteroatoms. The summed E-state index contributed by atoms with van der Waals surface area (Å²) in [4.78, 5) is 28.5. The van der Waals surface area contributed by atoms with Crippen LogP contribution >= 0.6 is 22.6 Å². The molecule has 0 saturated heterocycles. The monoisotopic (exact) mass is 645 g/mol. The molecular weight excluding hydrogens is 605 g/mol. The molecule has 1 atom stereocenters. The lowest BCUT2D eigenvalue weighted by Crippen LogP contribution is -2.33. The number of carbonyl (C=O) groups excluding carboxylic acids is 1. The first-order valence-electron chi connectivity index (χ1n) is 13.4. The van der Waals surface area contributed by atoms with Crippen molar-refractivity contribution in [2.75, 3.05) is 25.0 Å². The minimum Gasteiger partial charge on any atom is -0.479 e. The van der Waals surface area contributed by atoms with E-state index in [9.17, 15) is 14.7 Å². The molecule has 1 amide bonds. The number of rotatable bonds is 7. The molecule has 3 aromatic rings. The zero-order valence-electron chi connectivity index (χ0n) is 24.2. The molecule has 0 radical (unpaired) electrons. The van der Waals surface area contributed by atoms with Gasteiger partial charge in [0, 0.05) is 41.2 Å². The average Bonchev–Trinajstić information content (AvgIpc) is 3.19. The quantitative estimate of drug-likeness (QED) is 0.277. The SMILES string of the molecule is Cc1c([C@H](OC(C)(C)C)C(=O)O)c(-c2ccc(I)cc2)c2cc(C(=O)NCCC(C)(C)C)n3c2c1N(C)CC3. The summed E-state index contributed by atoms with van der Waals surface area (Å²) in [5.74, 6) is -1.15. The molecule has 4 rings (SSSR count). The highest BCUT2D eigenvalue weighted by Gasteiger charge is 2.36. The number of carbonyl (C=O) groups is 2. The molecule has 0 bridgehead atoms. The van der Waals surface area contributed by atoms with E-state index in [1.54, 1.807) is 0 Å². The highest BCUT2D eigenvalue weighted by molar-refractivity contribution is 14.1. The van der Waals surface area contributed by atoms with Gasteiger partial charge < -0.3 is 24.6 Å². The predicted octanol–water partition coefficient (Wildman–Crippen LogP) is 6.78. The van der Waals surface area contributed by atoms with Crippen molar-refractivity contribution in [3.8, 4) is 11.1 Å². The van der Waals surface area contributed by atoms with Gasteiger partial charge in [0.15, 0.2) is 6.10 Å². The number of ether oxygens (including phenoxy) is 1. The second kappa shape index (κ2) is 10.8. The van der Waals surface area contributed by atoms with Crippen molar-refractivity contribution in [1.29, 1.82) is 0 Å². The Morgan fingerprint density at radius 1 is 1.10 bits per heavy atom. The Balaban J connectivity index is 2.03. The smallest absolute Gasteiger partial charge is 0.337 e. The number of halogens is 1. The zero-order valence-corrected chi connectivity index (χ0v) is 26.4. The van der Waals surface area contributed by atoms with Crippen molar-refractivity contribution >= 4 is 51.1 Å².